The highest BCUT2D eigenvalue weighted by molar-refractivity contribution is 9.09. The minimum absolute atomic E-state index is 0.0400. The maximum absolute atomic E-state index is 13.3. The Balaban J connectivity index is 2.52. The fourth-order valence-electron chi connectivity index (χ4n) is 4.55. The van der Waals surface area contributed by atoms with Gasteiger partial charge in [0.2, 0.25) is 5.91 Å². The molecule has 7 heteroatoms. The van der Waals surface area contributed by atoms with Gasteiger partial charge in [-0.1, -0.05) is 60.1 Å². The summed E-state index contributed by atoms with van der Waals surface area (Å²) in [5, 5.41) is 3.30. The normalized spacial score (nSPS) is 22.6. The van der Waals surface area contributed by atoms with Crippen molar-refractivity contribution in [3.8, 4) is 0 Å². The van der Waals surface area contributed by atoms with E-state index in [9.17, 15) is 14.4 Å². The Morgan fingerprint density at radius 2 is 1.81 bits per heavy atom. The Morgan fingerprint density at radius 1 is 1.19 bits per heavy atom. The number of hydrogen-bond donors (Lipinski definition) is 1. The number of halogens is 1. The number of rotatable bonds is 9. The number of carbonyl (C=O) groups is 3. The summed E-state index contributed by atoms with van der Waals surface area (Å²) in [6.45, 7) is 11.7. The summed E-state index contributed by atoms with van der Waals surface area (Å²) in [7, 11) is 0. The zero-order chi connectivity index (χ0) is 24.1. The molecule has 1 fully saturated rings. The van der Waals surface area contributed by atoms with Gasteiger partial charge in [0.25, 0.3) is 0 Å². The molecule has 4 atom stereocenters. The molecule has 0 bridgehead atoms. The van der Waals surface area contributed by atoms with Crippen LogP contribution in [0.4, 0.5) is 0 Å². The van der Waals surface area contributed by atoms with Crippen LogP contribution in [0.25, 0.3) is 0 Å². The standard InChI is InChI=1S/C25H37BrN2O4/c1-16(2)12-20(27-17(3)29)23-19(22(30)14-26)13-21(24(31)32-25(4,5)6)28(23)15-18-10-8-7-9-11-18/h7-11,16,19-21,23H,12-15H2,1-6H3,(H,27,29)/t19-,20-,21?,23+/m0/s1. The van der Waals surface area contributed by atoms with Crippen molar-refractivity contribution in [1.29, 1.82) is 0 Å². The fraction of sp³-hybridized carbons (Fsp3) is 0.640. The van der Waals surface area contributed by atoms with Gasteiger partial charge in [-0.05, 0) is 45.1 Å². The Hall–Kier alpha value is -1.73. The van der Waals surface area contributed by atoms with E-state index in [-0.39, 0.29) is 41.0 Å². The average Bonchev–Trinajstić information content (AvgIpc) is 3.05. The largest absolute Gasteiger partial charge is 0.459 e. The van der Waals surface area contributed by atoms with Crippen LogP contribution in [0.1, 0.15) is 59.9 Å². The van der Waals surface area contributed by atoms with Crippen LogP contribution in [0.5, 0.6) is 0 Å². The quantitative estimate of drug-likeness (QED) is 0.401. The van der Waals surface area contributed by atoms with Crippen LogP contribution >= 0.6 is 15.9 Å². The first-order chi connectivity index (χ1) is 14.9. The number of esters is 1. The van der Waals surface area contributed by atoms with Crippen LogP contribution < -0.4 is 5.32 Å². The zero-order valence-electron chi connectivity index (χ0n) is 20.1. The molecule has 0 spiro atoms. The predicted molar refractivity (Wildman–Crippen MR) is 129 cm³/mol. The van der Waals surface area contributed by atoms with Crippen LogP contribution in [-0.4, -0.2) is 51.6 Å². The van der Waals surface area contributed by atoms with Gasteiger partial charge in [0.15, 0.2) is 0 Å². The molecule has 0 aromatic heterocycles. The highest BCUT2D eigenvalue weighted by Gasteiger charge is 2.51. The monoisotopic (exact) mass is 508 g/mol. The summed E-state index contributed by atoms with van der Waals surface area (Å²) in [5.41, 5.74) is 0.418. The summed E-state index contributed by atoms with van der Waals surface area (Å²) < 4.78 is 5.75. The van der Waals surface area contributed by atoms with Gasteiger partial charge in [-0.25, -0.2) is 0 Å². The number of amides is 1. The lowest BCUT2D eigenvalue weighted by atomic mass is 9.86. The van der Waals surface area contributed by atoms with Gasteiger partial charge >= 0.3 is 5.97 Å². The fourth-order valence-corrected chi connectivity index (χ4v) is 4.97. The van der Waals surface area contributed by atoms with Gasteiger partial charge < -0.3 is 10.1 Å². The number of likely N-dealkylation sites (tertiary alicyclic amines) is 1. The molecule has 1 N–H and O–H groups in total. The van der Waals surface area contributed by atoms with Crippen molar-refractivity contribution in [1.82, 2.24) is 10.2 Å². The second-order valence-electron chi connectivity index (χ2n) is 10.1. The lowest BCUT2D eigenvalue weighted by molar-refractivity contribution is -0.161. The molecule has 1 aromatic rings. The Bertz CT molecular complexity index is 791. The SMILES string of the molecule is CC(=O)N[C@@H](CC(C)C)[C@H]1[C@H](C(=O)CBr)CC(C(=O)OC(C)(C)C)N1Cc1ccccc1. The molecule has 1 saturated heterocycles. The number of benzene rings is 1. The van der Waals surface area contributed by atoms with Crippen molar-refractivity contribution in [3.63, 3.8) is 0 Å². The summed E-state index contributed by atoms with van der Waals surface area (Å²) in [4.78, 5) is 40.4. The van der Waals surface area contributed by atoms with E-state index < -0.39 is 11.6 Å². The molecule has 0 aliphatic carbocycles. The van der Waals surface area contributed by atoms with Crippen LogP contribution in [0.3, 0.4) is 0 Å². The number of alkyl halides is 1. The highest BCUT2D eigenvalue weighted by Crippen LogP contribution is 2.37. The summed E-state index contributed by atoms with van der Waals surface area (Å²) in [6, 6.07) is 8.79. The Labute approximate surface area is 200 Å². The Kier molecular flexibility index (Phi) is 9.46. The van der Waals surface area contributed by atoms with E-state index in [1.165, 1.54) is 6.92 Å². The molecule has 6 nitrogen and oxygen atoms in total. The van der Waals surface area contributed by atoms with Gasteiger partial charge in [-0.3, -0.25) is 19.3 Å². The van der Waals surface area contributed by atoms with E-state index in [0.717, 1.165) is 5.56 Å². The first-order valence-electron chi connectivity index (χ1n) is 11.3. The highest BCUT2D eigenvalue weighted by atomic mass is 79.9. The van der Waals surface area contributed by atoms with E-state index in [1.807, 2.05) is 51.1 Å². The van der Waals surface area contributed by atoms with Crippen molar-refractivity contribution in [2.24, 2.45) is 11.8 Å². The lowest BCUT2D eigenvalue weighted by Crippen LogP contribution is -2.55. The second kappa shape index (κ2) is 11.4. The second-order valence-corrected chi connectivity index (χ2v) is 10.6. The third kappa shape index (κ3) is 7.41. The van der Waals surface area contributed by atoms with Gasteiger partial charge in [-0.15, -0.1) is 0 Å². The molecule has 1 aliphatic heterocycles. The van der Waals surface area contributed by atoms with Crippen LogP contribution in [0.2, 0.25) is 0 Å². The van der Waals surface area contributed by atoms with E-state index in [4.69, 9.17) is 4.74 Å². The Morgan fingerprint density at radius 3 is 2.31 bits per heavy atom. The molecule has 1 heterocycles. The smallest absolute Gasteiger partial charge is 0.323 e. The number of ether oxygens (including phenoxy) is 1. The number of Topliss-reactive ketones (excluding diaryl/α,β-unsaturated/α-hetero) is 1. The van der Waals surface area contributed by atoms with Gasteiger partial charge in [-0.2, -0.15) is 0 Å². The molecule has 0 radical (unpaired) electrons. The molecule has 0 saturated carbocycles. The summed E-state index contributed by atoms with van der Waals surface area (Å²) >= 11 is 3.32. The summed E-state index contributed by atoms with van der Waals surface area (Å²) in [6.07, 6.45) is 1.09. The van der Waals surface area contributed by atoms with Crippen molar-refractivity contribution in [3.05, 3.63) is 35.9 Å². The van der Waals surface area contributed by atoms with Crippen LogP contribution in [0.15, 0.2) is 30.3 Å². The number of ketones is 1. The molecule has 1 amide bonds. The third-order valence-electron chi connectivity index (χ3n) is 5.63. The predicted octanol–water partition coefficient (Wildman–Crippen LogP) is 4.10. The van der Waals surface area contributed by atoms with Crippen molar-refractivity contribution < 1.29 is 19.1 Å². The van der Waals surface area contributed by atoms with Gasteiger partial charge in [0, 0.05) is 31.5 Å². The number of nitrogens with one attached hydrogen (secondary N) is 1. The molecule has 178 valence electrons. The van der Waals surface area contributed by atoms with Crippen molar-refractivity contribution in [2.75, 3.05) is 5.33 Å². The minimum Gasteiger partial charge on any atom is -0.459 e. The van der Waals surface area contributed by atoms with Gasteiger partial charge in [0.05, 0.1) is 5.33 Å². The first-order valence-corrected chi connectivity index (χ1v) is 12.4. The van der Waals surface area contributed by atoms with E-state index >= 15 is 0 Å². The topological polar surface area (TPSA) is 75.7 Å². The number of nitrogens with zero attached hydrogens (tertiary/aromatic N) is 1. The lowest BCUT2D eigenvalue weighted by Gasteiger charge is -2.37. The molecule has 2 rings (SSSR count). The van der Waals surface area contributed by atoms with Crippen molar-refractivity contribution in [2.45, 2.75) is 84.7 Å². The van der Waals surface area contributed by atoms with Gasteiger partial charge in [0.1, 0.15) is 17.4 Å². The number of carbonyl (C=O) groups excluding carboxylic acids is 3. The minimum atomic E-state index is -0.627. The molecule has 1 aliphatic rings. The molecular formula is C25H37BrN2O4. The zero-order valence-corrected chi connectivity index (χ0v) is 21.6. The maximum Gasteiger partial charge on any atom is 0.323 e. The van der Waals surface area contributed by atoms with Crippen LogP contribution in [0, 0.1) is 11.8 Å². The summed E-state index contributed by atoms with van der Waals surface area (Å²) in [5.74, 6) is -0.495. The van der Waals surface area contributed by atoms with E-state index in [2.05, 4.69) is 40.0 Å². The van der Waals surface area contributed by atoms with E-state index in [1.54, 1.807) is 0 Å². The third-order valence-corrected chi connectivity index (χ3v) is 6.18. The number of hydrogen-bond acceptors (Lipinski definition) is 5. The molecule has 32 heavy (non-hydrogen) atoms. The molecule has 1 aromatic carbocycles. The molecule has 1 unspecified atom stereocenters. The van der Waals surface area contributed by atoms with E-state index in [0.29, 0.717) is 25.3 Å². The average molecular weight is 509 g/mol. The molecular weight excluding hydrogens is 472 g/mol. The van der Waals surface area contributed by atoms with Crippen LogP contribution in [-0.2, 0) is 25.7 Å². The maximum atomic E-state index is 13.3. The first kappa shape index (κ1) is 26.5. The van der Waals surface area contributed by atoms with Crippen molar-refractivity contribution >= 4 is 33.6 Å².